The number of aromatic nitrogens is 4. The van der Waals surface area contributed by atoms with Gasteiger partial charge in [0.2, 0.25) is 0 Å². The molecule has 0 amide bonds. The highest BCUT2D eigenvalue weighted by Gasteiger charge is 2.28. The Morgan fingerprint density at radius 1 is 1.11 bits per heavy atom. The lowest BCUT2D eigenvalue weighted by atomic mass is 10.1. The lowest BCUT2D eigenvalue weighted by molar-refractivity contribution is 0.345. The van der Waals surface area contributed by atoms with Gasteiger partial charge >= 0.3 is 0 Å². The van der Waals surface area contributed by atoms with Crippen LogP contribution in [0.1, 0.15) is 32.2 Å². The van der Waals surface area contributed by atoms with Crippen molar-refractivity contribution in [3.63, 3.8) is 0 Å². The summed E-state index contributed by atoms with van der Waals surface area (Å²) in [6, 6.07) is 7.24. The summed E-state index contributed by atoms with van der Waals surface area (Å²) in [4.78, 5) is 5.49. The number of sulfonamides is 1. The fraction of sp³-hybridized carbons (Fsp3) is 0.368. The molecular formula is C19H25N5O2S2. The Balaban J connectivity index is 1.83. The van der Waals surface area contributed by atoms with Crippen LogP contribution >= 0.6 is 11.8 Å². The van der Waals surface area contributed by atoms with Crippen molar-refractivity contribution in [3.05, 3.63) is 48.0 Å². The molecule has 1 aromatic carbocycles. The average molecular weight is 420 g/mol. The smallest absolute Gasteiger partial charge is 0.265 e. The van der Waals surface area contributed by atoms with E-state index in [1.54, 1.807) is 36.9 Å². The van der Waals surface area contributed by atoms with E-state index in [1.807, 2.05) is 50.7 Å². The van der Waals surface area contributed by atoms with Gasteiger partial charge in [-0.2, -0.15) is 5.10 Å². The van der Waals surface area contributed by atoms with Gasteiger partial charge in [-0.05, 0) is 58.9 Å². The molecule has 150 valence electrons. The molecule has 0 aliphatic carbocycles. The normalized spacial score (nSPS) is 12.4. The fourth-order valence-electron chi connectivity index (χ4n) is 3.02. The Bertz CT molecular complexity index is 1090. The maximum absolute atomic E-state index is 13.0. The molecule has 0 atom stereocenters. The third kappa shape index (κ3) is 4.10. The van der Waals surface area contributed by atoms with Gasteiger partial charge in [-0.25, -0.2) is 13.4 Å². The van der Waals surface area contributed by atoms with Crippen LogP contribution in [-0.2, 0) is 22.6 Å². The number of hydrogen-bond donors (Lipinski definition) is 1. The van der Waals surface area contributed by atoms with Gasteiger partial charge in [0.25, 0.3) is 10.0 Å². The summed E-state index contributed by atoms with van der Waals surface area (Å²) in [6.07, 6.45) is 3.63. The van der Waals surface area contributed by atoms with E-state index in [0.717, 1.165) is 10.1 Å². The second-order valence-corrected chi connectivity index (χ2v) is 10.3. The highest BCUT2D eigenvalue weighted by Crippen LogP contribution is 2.29. The zero-order valence-corrected chi connectivity index (χ0v) is 18.5. The third-order valence-corrected chi connectivity index (χ3v) is 6.94. The molecule has 0 fully saturated rings. The second-order valence-electron chi connectivity index (χ2n) is 7.64. The van der Waals surface area contributed by atoms with Gasteiger partial charge in [-0.3, -0.25) is 9.40 Å². The van der Waals surface area contributed by atoms with E-state index in [0.29, 0.717) is 17.1 Å². The van der Waals surface area contributed by atoms with Crippen molar-refractivity contribution in [2.24, 2.45) is 7.05 Å². The van der Waals surface area contributed by atoms with E-state index in [1.165, 1.54) is 11.8 Å². The molecule has 0 unspecified atom stereocenters. The molecule has 2 heterocycles. The van der Waals surface area contributed by atoms with Crippen LogP contribution in [0.3, 0.4) is 0 Å². The Hall–Kier alpha value is -2.26. The van der Waals surface area contributed by atoms with Gasteiger partial charge in [0.15, 0.2) is 5.16 Å². The van der Waals surface area contributed by atoms with E-state index in [4.69, 9.17) is 0 Å². The van der Waals surface area contributed by atoms with Crippen LogP contribution in [0.2, 0.25) is 0 Å². The molecule has 0 bridgehead atoms. The van der Waals surface area contributed by atoms with Gasteiger partial charge in [0.1, 0.15) is 4.90 Å². The lowest BCUT2D eigenvalue weighted by Crippen LogP contribution is -2.25. The molecule has 28 heavy (non-hydrogen) atoms. The molecule has 0 saturated heterocycles. The van der Waals surface area contributed by atoms with E-state index in [-0.39, 0.29) is 10.4 Å². The third-order valence-electron chi connectivity index (χ3n) is 4.22. The minimum atomic E-state index is -3.74. The van der Waals surface area contributed by atoms with E-state index < -0.39 is 10.0 Å². The van der Waals surface area contributed by atoms with Crippen LogP contribution in [0.25, 0.3) is 0 Å². The molecule has 7 nitrogen and oxygen atoms in total. The lowest BCUT2D eigenvalue weighted by Gasteiger charge is -2.21. The summed E-state index contributed by atoms with van der Waals surface area (Å²) in [5, 5.41) is 5.31. The molecule has 0 aliphatic heterocycles. The molecule has 0 radical (unpaired) electrons. The zero-order valence-electron chi connectivity index (χ0n) is 16.9. The Morgan fingerprint density at radius 3 is 2.25 bits per heavy atom. The van der Waals surface area contributed by atoms with Crippen molar-refractivity contribution in [2.75, 3.05) is 4.72 Å². The minimum absolute atomic E-state index is 0.230. The van der Waals surface area contributed by atoms with Crippen molar-refractivity contribution in [2.45, 2.75) is 55.1 Å². The number of nitrogens with one attached hydrogen (secondary N) is 1. The van der Waals surface area contributed by atoms with Gasteiger partial charge < -0.3 is 4.57 Å². The Labute approximate surface area is 170 Å². The molecule has 3 rings (SSSR count). The quantitative estimate of drug-likeness (QED) is 0.677. The van der Waals surface area contributed by atoms with Crippen LogP contribution < -0.4 is 4.72 Å². The van der Waals surface area contributed by atoms with Crippen molar-refractivity contribution in [3.8, 4) is 0 Å². The first-order valence-electron chi connectivity index (χ1n) is 8.84. The Kier molecular flexibility index (Phi) is 5.33. The van der Waals surface area contributed by atoms with Crippen molar-refractivity contribution >= 4 is 27.5 Å². The number of rotatable bonds is 5. The van der Waals surface area contributed by atoms with Crippen molar-refractivity contribution in [1.29, 1.82) is 0 Å². The maximum atomic E-state index is 13.0. The molecular weight excluding hydrogens is 394 g/mol. The first kappa shape index (κ1) is 20.5. The summed E-state index contributed by atoms with van der Waals surface area (Å²) >= 11 is 1.52. The van der Waals surface area contributed by atoms with Crippen molar-refractivity contribution in [1.82, 2.24) is 19.3 Å². The molecule has 2 aromatic heterocycles. The van der Waals surface area contributed by atoms with Crippen LogP contribution in [0, 0.1) is 13.8 Å². The van der Waals surface area contributed by atoms with Crippen molar-refractivity contribution < 1.29 is 8.42 Å². The average Bonchev–Trinajstić information content (AvgIpc) is 3.12. The second kappa shape index (κ2) is 7.29. The number of anilines is 1. The monoisotopic (exact) mass is 419 g/mol. The van der Waals surface area contributed by atoms with E-state index in [2.05, 4.69) is 14.8 Å². The summed E-state index contributed by atoms with van der Waals surface area (Å²) in [6.45, 7) is 9.49. The number of imidazole rings is 1. The molecule has 0 aliphatic rings. The number of hydrogen-bond acceptors (Lipinski definition) is 5. The minimum Gasteiger partial charge on any atom is -0.329 e. The van der Waals surface area contributed by atoms with Crippen LogP contribution in [0.15, 0.2) is 51.6 Å². The highest BCUT2D eigenvalue weighted by atomic mass is 32.2. The predicted molar refractivity (Wildman–Crippen MR) is 111 cm³/mol. The van der Waals surface area contributed by atoms with Crippen LogP contribution in [0.5, 0.6) is 0 Å². The topological polar surface area (TPSA) is 81.8 Å². The van der Waals surface area contributed by atoms with Gasteiger partial charge in [0, 0.05) is 30.0 Å². The maximum Gasteiger partial charge on any atom is 0.265 e. The summed E-state index contributed by atoms with van der Waals surface area (Å²) in [5.74, 6) is 0. The summed E-state index contributed by atoms with van der Waals surface area (Å²) in [5.41, 5.74) is 1.32. The first-order chi connectivity index (χ1) is 13.0. The van der Waals surface area contributed by atoms with Gasteiger partial charge in [0.05, 0.1) is 16.9 Å². The number of benzene rings is 1. The molecule has 0 saturated carbocycles. The molecule has 9 heteroatoms. The Morgan fingerprint density at radius 2 is 1.75 bits per heavy atom. The van der Waals surface area contributed by atoms with Gasteiger partial charge in [-0.15, -0.1) is 0 Å². The molecule has 3 aromatic rings. The first-order valence-corrected chi connectivity index (χ1v) is 11.1. The van der Waals surface area contributed by atoms with E-state index in [9.17, 15) is 8.42 Å². The number of nitrogens with zero attached hydrogens (tertiary/aromatic N) is 4. The SMILES string of the molecule is Cc1nn(C(C)(C)C)c(C)c1S(=O)(=O)Nc1ccc(Sc2nccn2C)cc1. The highest BCUT2D eigenvalue weighted by molar-refractivity contribution is 7.99. The number of aryl methyl sites for hydroxylation is 2. The van der Waals surface area contributed by atoms with Gasteiger partial charge in [-0.1, -0.05) is 11.8 Å². The fourth-order valence-corrected chi connectivity index (χ4v) is 5.28. The summed E-state index contributed by atoms with van der Waals surface area (Å²) < 4.78 is 32.3. The molecule has 0 spiro atoms. The standard InChI is InChI=1S/C19H25N5O2S2/c1-13-17(14(2)24(21-13)19(3,4)5)28(25,26)22-15-7-9-16(10-8-15)27-18-20-11-12-23(18)6/h7-12,22H,1-6H3. The predicted octanol–water partition coefficient (Wildman–Crippen LogP) is 3.94. The van der Waals surface area contributed by atoms with Crippen LogP contribution in [-0.4, -0.2) is 27.7 Å². The zero-order chi connectivity index (χ0) is 20.7. The van der Waals surface area contributed by atoms with E-state index >= 15 is 0 Å². The largest absolute Gasteiger partial charge is 0.329 e. The molecule has 1 N–H and O–H groups in total. The van der Waals surface area contributed by atoms with Crippen LogP contribution in [0.4, 0.5) is 5.69 Å². The summed E-state index contributed by atoms with van der Waals surface area (Å²) in [7, 11) is -1.81.